The van der Waals surface area contributed by atoms with Crippen LogP contribution in [0.3, 0.4) is 0 Å². The van der Waals surface area contributed by atoms with Crippen LogP contribution in [0.4, 0.5) is 0 Å². The highest BCUT2D eigenvalue weighted by Gasteiger charge is 2.14. The third kappa shape index (κ3) is 7.29. The molecule has 2 heterocycles. The van der Waals surface area contributed by atoms with Crippen molar-refractivity contribution in [3.8, 4) is 0 Å². The normalized spacial score (nSPS) is 12.3. The van der Waals surface area contributed by atoms with Gasteiger partial charge in [0.05, 0.1) is 25.5 Å². The fourth-order valence-electron chi connectivity index (χ4n) is 2.87. The molecule has 0 amide bonds. The van der Waals surface area contributed by atoms with Crippen LogP contribution in [0.15, 0.2) is 11.2 Å². The third-order valence-corrected chi connectivity index (χ3v) is 4.40. The van der Waals surface area contributed by atoms with E-state index in [0.717, 1.165) is 18.7 Å². The molecule has 1 atom stereocenters. The summed E-state index contributed by atoms with van der Waals surface area (Å²) in [5.41, 5.74) is 4.16. The summed E-state index contributed by atoms with van der Waals surface area (Å²) in [6.07, 6.45) is 2.54. The van der Waals surface area contributed by atoms with E-state index in [0.29, 0.717) is 18.2 Å². The Labute approximate surface area is 188 Å². The van der Waals surface area contributed by atoms with Crippen LogP contribution in [-0.2, 0) is 36.1 Å². The van der Waals surface area contributed by atoms with Crippen molar-refractivity contribution in [3.63, 3.8) is 0 Å². The lowest BCUT2D eigenvalue weighted by molar-refractivity contribution is -0.141. The second-order valence-corrected chi connectivity index (χ2v) is 6.70. The van der Waals surface area contributed by atoms with E-state index in [1.165, 1.54) is 23.0 Å². The van der Waals surface area contributed by atoms with Crippen molar-refractivity contribution in [2.24, 2.45) is 12.0 Å². The Balaban J connectivity index is 0.00000420. The summed E-state index contributed by atoms with van der Waals surface area (Å²) >= 11 is 0. The van der Waals surface area contributed by atoms with Crippen LogP contribution in [0, 0.1) is 13.8 Å². The summed E-state index contributed by atoms with van der Waals surface area (Å²) < 4.78 is 7.97. The Kier molecular flexibility index (Phi) is 10.1. The SMILES string of the molecule is CCNC(=NCc1cn(CC(=O)OC)nn1)NC(C)Cc1c(C)nn(C)c1C.I. The van der Waals surface area contributed by atoms with E-state index in [1.807, 2.05) is 25.6 Å². The van der Waals surface area contributed by atoms with Gasteiger partial charge in [-0.05, 0) is 39.7 Å². The van der Waals surface area contributed by atoms with Crippen molar-refractivity contribution < 1.29 is 9.53 Å². The van der Waals surface area contributed by atoms with Gasteiger partial charge in [0, 0.05) is 25.3 Å². The van der Waals surface area contributed by atoms with Crippen molar-refractivity contribution in [1.29, 1.82) is 0 Å². The molecule has 0 radical (unpaired) electrons. The molecule has 0 bridgehead atoms. The Morgan fingerprint density at radius 2 is 2.10 bits per heavy atom. The quantitative estimate of drug-likeness (QED) is 0.233. The maximum absolute atomic E-state index is 11.3. The van der Waals surface area contributed by atoms with E-state index in [-0.39, 0.29) is 42.5 Å². The maximum atomic E-state index is 11.3. The molecule has 2 aromatic heterocycles. The van der Waals surface area contributed by atoms with Gasteiger partial charge in [0.2, 0.25) is 0 Å². The van der Waals surface area contributed by atoms with Gasteiger partial charge in [-0.25, -0.2) is 9.67 Å². The number of aryl methyl sites for hydroxylation is 2. The predicted octanol–water partition coefficient (Wildman–Crippen LogP) is 1.11. The number of ether oxygens (including phenoxy) is 1. The molecule has 10 nitrogen and oxygen atoms in total. The van der Waals surface area contributed by atoms with E-state index in [9.17, 15) is 4.79 Å². The molecule has 0 spiro atoms. The first kappa shape index (κ1) is 24.9. The Morgan fingerprint density at radius 3 is 2.69 bits per heavy atom. The molecule has 0 aliphatic rings. The number of esters is 1. The number of hydrogen-bond donors (Lipinski definition) is 2. The van der Waals surface area contributed by atoms with Crippen molar-refractivity contribution in [1.82, 2.24) is 35.4 Å². The zero-order valence-electron chi connectivity index (χ0n) is 17.9. The smallest absolute Gasteiger partial charge is 0.327 e. The lowest BCUT2D eigenvalue weighted by Gasteiger charge is -2.18. The Morgan fingerprint density at radius 1 is 1.38 bits per heavy atom. The standard InChI is InChI=1S/C18H30N8O2.HI/c1-7-19-18(20-9-15-10-26(24-22-15)11-17(27)28-6)21-12(2)8-16-13(3)23-25(5)14(16)4;/h10,12H,7-9,11H2,1-6H3,(H2,19,20,21);1H. The number of rotatable bonds is 8. The number of carbonyl (C=O) groups is 1. The molecule has 0 aliphatic carbocycles. The second kappa shape index (κ2) is 11.7. The minimum absolute atomic E-state index is 0. The van der Waals surface area contributed by atoms with Crippen LogP contribution in [0.25, 0.3) is 0 Å². The Hall–Kier alpha value is -2.18. The van der Waals surface area contributed by atoms with Crippen molar-refractivity contribution >= 4 is 35.9 Å². The number of guanidine groups is 1. The summed E-state index contributed by atoms with van der Waals surface area (Å²) in [4.78, 5) is 15.9. The number of nitrogens with zero attached hydrogens (tertiary/aromatic N) is 6. The summed E-state index contributed by atoms with van der Waals surface area (Å²) in [5.74, 6) is 0.335. The summed E-state index contributed by atoms with van der Waals surface area (Å²) in [6, 6.07) is 0.175. The fourth-order valence-corrected chi connectivity index (χ4v) is 2.87. The molecule has 11 heteroatoms. The molecule has 0 saturated carbocycles. The highest BCUT2D eigenvalue weighted by molar-refractivity contribution is 14.0. The highest BCUT2D eigenvalue weighted by Crippen LogP contribution is 2.14. The minimum Gasteiger partial charge on any atom is -0.468 e. The van der Waals surface area contributed by atoms with Crippen LogP contribution in [0.1, 0.15) is 36.5 Å². The molecule has 0 fully saturated rings. The lowest BCUT2D eigenvalue weighted by atomic mass is 10.1. The number of nitrogens with one attached hydrogen (secondary N) is 2. The van der Waals surface area contributed by atoms with Gasteiger partial charge in [-0.1, -0.05) is 5.21 Å². The molecule has 0 saturated heterocycles. The predicted molar refractivity (Wildman–Crippen MR) is 121 cm³/mol. The number of carbonyl (C=O) groups excluding carboxylic acids is 1. The number of aromatic nitrogens is 5. The minimum atomic E-state index is -0.371. The van der Waals surface area contributed by atoms with Crippen LogP contribution in [0.5, 0.6) is 0 Å². The average molecular weight is 518 g/mol. The largest absolute Gasteiger partial charge is 0.468 e. The summed E-state index contributed by atoms with van der Waals surface area (Å²) in [7, 11) is 3.30. The molecule has 0 aliphatic heterocycles. The summed E-state index contributed by atoms with van der Waals surface area (Å²) in [5, 5.41) is 19.1. The Bertz CT molecular complexity index is 830. The molecule has 2 N–H and O–H groups in total. The van der Waals surface area contributed by atoms with Crippen LogP contribution < -0.4 is 10.6 Å². The maximum Gasteiger partial charge on any atom is 0.327 e. The average Bonchev–Trinajstić information content (AvgIpc) is 3.19. The van der Waals surface area contributed by atoms with Gasteiger partial charge >= 0.3 is 5.97 Å². The first-order valence-corrected chi connectivity index (χ1v) is 9.33. The molecular formula is C18H31IN8O2. The van der Waals surface area contributed by atoms with Gasteiger partial charge in [-0.15, -0.1) is 29.1 Å². The fraction of sp³-hybridized carbons (Fsp3) is 0.611. The molecule has 0 aromatic carbocycles. The van der Waals surface area contributed by atoms with Crippen molar-refractivity contribution in [3.05, 3.63) is 28.8 Å². The molecule has 29 heavy (non-hydrogen) atoms. The summed E-state index contributed by atoms with van der Waals surface area (Å²) in [6.45, 7) is 9.39. The van der Waals surface area contributed by atoms with Gasteiger partial charge < -0.3 is 15.4 Å². The van der Waals surface area contributed by atoms with Gasteiger partial charge in [0.25, 0.3) is 0 Å². The van der Waals surface area contributed by atoms with Crippen LogP contribution in [0.2, 0.25) is 0 Å². The number of hydrogen-bond acceptors (Lipinski definition) is 6. The molecule has 2 rings (SSSR count). The zero-order chi connectivity index (χ0) is 20.7. The van der Waals surface area contributed by atoms with Crippen LogP contribution in [-0.4, -0.2) is 56.4 Å². The first-order chi connectivity index (χ1) is 13.3. The van der Waals surface area contributed by atoms with Crippen molar-refractivity contribution in [2.45, 2.75) is 53.2 Å². The van der Waals surface area contributed by atoms with E-state index in [1.54, 1.807) is 6.20 Å². The van der Waals surface area contributed by atoms with Gasteiger partial charge in [0.1, 0.15) is 12.2 Å². The number of methoxy groups -OCH3 is 1. The van der Waals surface area contributed by atoms with Crippen molar-refractivity contribution in [2.75, 3.05) is 13.7 Å². The molecular weight excluding hydrogens is 487 g/mol. The monoisotopic (exact) mass is 518 g/mol. The first-order valence-electron chi connectivity index (χ1n) is 9.33. The molecule has 2 aromatic rings. The van der Waals surface area contributed by atoms with Crippen LogP contribution >= 0.6 is 24.0 Å². The second-order valence-electron chi connectivity index (χ2n) is 6.70. The molecule has 162 valence electrons. The van der Waals surface area contributed by atoms with E-state index >= 15 is 0 Å². The van der Waals surface area contributed by atoms with E-state index < -0.39 is 0 Å². The third-order valence-electron chi connectivity index (χ3n) is 4.40. The number of halogens is 1. The number of aliphatic imine (C=N–C) groups is 1. The highest BCUT2D eigenvalue weighted by atomic mass is 127. The topological polar surface area (TPSA) is 111 Å². The van der Waals surface area contributed by atoms with E-state index in [2.05, 4.69) is 49.6 Å². The van der Waals surface area contributed by atoms with Gasteiger partial charge in [-0.3, -0.25) is 9.48 Å². The zero-order valence-corrected chi connectivity index (χ0v) is 20.2. The van der Waals surface area contributed by atoms with Gasteiger partial charge in [0.15, 0.2) is 5.96 Å². The van der Waals surface area contributed by atoms with Gasteiger partial charge in [-0.2, -0.15) is 5.10 Å². The lowest BCUT2D eigenvalue weighted by Crippen LogP contribution is -2.43. The van der Waals surface area contributed by atoms with E-state index in [4.69, 9.17) is 0 Å². The molecule has 1 unspecified atom stereocenters.